The van der Waals surface area contributed by atoms with Crippen molar-refractivity contribution in [3.63, 3.8) is 0 Å². The molecule has 3 nitrogen and oxygen atoms in total. The molecule has 15 heavy (non-hydrogen) atoms. The molecule has 0 aromatic heterocycles. The Hall–Kier alpha value is -0.930. The Morgan fingerprint density at radius 2 is 1.93 bits per heavy atom. The van der Waals surface area contributed by atoms with Crippen molar-refractivity contribution in [1.82, 2.24) is 0 Å². The Kier molecular flexibility index (Phi) is 5.47. The first kappa shape index (κ1) is 14.1. The Labute approximate surface area is 96.3 Å². The summed E-state index contributed by atoms with van der Waals surface area (Å²) in [4.78, 5) is 0. The molecular weight excluding hydrogens is 214 g/mol. The lowest BCUT2D eigenvalue weighted by Crippen LogP contribution is -2.18. The zero-order valence-electron chi connectivity index (χ0n) is 8.97. The van der Waals surface area contributed by atoms with Crippen LogP contribution in [-0.2, 0) is 0 Å². The molecule has 1 rings (SSSR count). The lowest BCUT2D eigenvalue weighted by molar-refractivity contribution is 0.382. The summed E-state index contributed by atoms with van der Waals surface area (Å²) in [7, 11) is 0. The molecule has 0 saturated heterocycles. The van der Waals surface area contributed by atoms with Crippen LogP contribution < -0.4 is 5.73 Å². The molecule has 0 bridgehead atoms. The summed E-state index contributed by atoms with van der Waals surface area (Å²) in [5, 5.41) is 18.9. The van der Waals surface area contributed by atoms with Gasteiger partial charge in [0.1, 0.15) is 0 Å². The second-order valence-electron chi connectivity index (χ2n) is 3.63. The fourth-order valence-electron chi connectivity index (χ4n) is 1.38. The van der Waals surface area contributed by atoms with Crippen molar-refractivity contribution in [3.8, 4) is 11.5 Å². The van der Waals surface area contributed by atoms with Crippen LogP contribution >= 0.6 is 12.4 Å². The van der Waals surface area contributed by atoms with Crippen LogP contribution in [-0.4, -0.2) is 10.2 Å². The van der Waals surface area contributed by atoms with Crippen LogP contribution in [0.2, 0.25) is 0 Å². The van der Waals surface area contributed by atoms with E-state index in [1.54, 1.807) is 12.1 Å². The molecule has 0 radical (unpaired) electrons. The minimum Gasteiger partial charge on any atom is -0.504 e. The summed E-state index contributed by atoms with van der Waals surface area (Å²) in [6.07, 6.45) is 0.941. The fourth-order valence-corrected chi connectivity index (χ4v) is 1.38. The largest absolute Gasteiger partial charge is 0.504 e. The van der Waals surface area contributed by atoms with E-state index in [1.807, 2.05) is 13.8 Å². The van der Waals surface area contributed by atoms with E-state index in [1.165, 1.54) is 6.07 Å². The second-order valence-corrected chi connectivity index (χ2v) is 3.63. The van der Waals surface area contributed by atoms with E-state index in [-0.39, 0.29) is 35.9 Å². The number of aromatic hydroxyl groups is 2. The molecule has 1 aromatic carbocycles. The average Bonchev–Trinajstić information content (AvgIpc) is 2.20. The number of nitrogens with two attached hydrogens (primary N) is 1. The number of phenols is 2. The maximum absolute atomic E-state index is 9.58. The monoisotopic (exact) mass is 231 g/mol. The Balaban J connectivity index is 0.00000196. The zero-order valence-corrected chi connectivity index (χ0v) is 9.79. The summed E-state index contributed by atoms with van der Waals surface area (Å²) in [6, 6.07) is 4.65. The van der Waals surface area contributed by atoms with Crippen molar-refractivity contribution in [2.24, 2.45) is 11.7 Å². The van der Waals surface area contributed by atoms with Crippen LogP contribution in [0.1, 0.15) is 31.9 Å². The second kappa shape index (κ2) is 5.83. The molecule has 0 aliphatic carbocycles. The van der Waals surface area contributed by atoms with Gasteiger partial charge in [0.15, 0.2) is 11.5 Å². The molecular formula is C11H18ClNO2. The maximum Gasteiger partial charge on any atom is 0.162 e. The van der Waals surface area contributed by atoms with E-state index in [9.17, 15) is 10.2 Å². The molecule has 4 heteroatoms. The average molecular weight is 232 g/mol. The van der Waals surface area contributed by atoms with Crippen LogP contribution in [0.25, 0.3) is 0 Å². The molecule has 1 aromatic rings. The van der Waals surface area contributed by atoms with Gasteiger partial charge in [0.25, 0.3) is 0 Å². The number of halogens is 1. The summed E-state index contributed by atoms with van der Waals surface area (Å²) in [5.74, 6) is 0.0734. The van der Waals surface area contributed by atoms with Crippen molar-refractivity contribution in [1.29, 1.82) is 0 Å². The van der Waals surface area contributed by atoms with Gasteiger partial charge >= 0.3 is 0 Å². The highest BCUT2D eigenvalue weighted by atomic mass is 35.5. The number of hydrogen-bond acceptors (Lipinski definition) is 3. The third kappa shape index (κ3) is 3.01. The fraction of sp³-hybridized carbons (Fsp3) is 0.455. The van der Waals surface area contributed by atoms with Crippen molar-refractivity contribution < 1.29 is 10.2 Å². The van der Waals surface area contributed by atoms with Crippen LogP contribution in [0, 0.1) is 5.92 Å². The third-order valence-corrected chi connectivity index (χ3v) is 2.66. The highest BCUT2D eigenvalue weighted by Crippen LogP contribution is 2.34. The van der Waals surface area contributed by atoms with Gasteiger partial charge in [-0.25, -0.2) is 0 Å². The van der Waals surface area contributed by atoms with Gasteiger partial charge in [0, 0.05) is 11.6 Å². The highest BCUT2D eigenvalue weighted by molar-refractivity contribution is 5.85. The quantitative estimate of drug-likeness (QED) is 0.701. The van der Waals surface area contributed by atoms with Crippen molar-refractivity contribution in [2.45, 2.75) is 26.3 Å². The molecule has 0 amide bonds. The van der Waals surface area contributed by atoms with E-state index in [4.69, 9.17) is 5.73 Å². The number of phenolic OH excluding ortho intramolecular Hbond substituents is 2. The summed E-state index contributed by atoms with van der Waals surface area (Å²) < 4.78 is 0. The molecule has 0 aliphatic heterocycles. The van der Waals surface area contributed by atoms with Crippen LogP contribution in [0.15, 0.2) is 18.2 Å². The van der Waals surface area contributed by atoms with E-state index < -0.39 is 0 Å². The maximum atomic E-state index is 9.58. The lowest BCUT2D eigenvalue weighted by atomic mass is 9.92. The number of benzene rings is 1. The summed E-state index contributed by atoms with van der Waals surface area (Å²) in [5.41, 5.74) is 6.56. The standard InChI is InChI=1S/C11H17NO2.ClH/c1-3-7(2)10(12)8-5-4-6-9(13)11(8)14;/h4-7,10,13-14H,3,12H2,1-2H3;1H/t7?,10-;/m0./s1. The Morgan fingerprint density at radius 1 is 1.33 bits per heavy atom. The smallest absolute Gasteiger partial charge is 0.162 e. The van der Waals surface area contributed by atoms with Crippen molar-refractivity contribution in [2.75, 3.05) is 0 Å². The van der Waals surface area contributed by atoms with Gasteiger partial charge in [-0.1, -0.05) is 32.4 Å². The molecule has 86 valence electrons. The van der Waals surface area contributed by atoms with Gasteiger partial charge in [-0.3, -0.25) is 0 Å². The lowest BCUT2D eigenvalue weighted by Gasteiger charge is -2.19. The number of rotatable bonds is 3. The van der Waals surface area contributed by atoms with E-state index in [0.717, 1.165) is 6.42 Å². The normalized spacial score (nSPS) is 14.1. The molecule has 0 saturated carbocycles. The van der Waals surface area contributed by atoms with Gasteiger partial charge in [-0.2, -0.15) is 0 Å². The van der Waals surface area contributed by atoms with Gasteiger partial charge in [0.05, 0.1) is 0 Å². The van der Waals surface area contributed by atoms with Crippen molar-refractivity contribution in [3.05, 3.63) is 23.8 Å². The van der Waals surface area contributed by atoms with Crippen LogP contribution in [0.5, 0.6) is 11.5 Å². The van der Waals surface area contributed by atoms with Gasteiger partial charge in [0.2, 0.25) is 0 Å². The predicted molar refractivity (Wildman–Crippen MR) is 63.4 cm³/mol. The minimum atomic E-state index is -0.230. The molecule has 0 fully saturated rings. The summed E-state index contributed by atoms with van der Waals surface area (Å²) >= 11 is 0. The molecule has 0 heterocycles. The predicted octanol–water partition coefficient (Wildman–Crippen LogP) is 2.57. The number of para-hydroxylation sites is 1. The first-order valence-electron chi connectivity index (χ1n) is 4.84. The molecule has 1 unspecified atom stereocenters. The molecule has 0 spiro atoms. The first-order chi connectivity index (χ1) is 6.57. The summed E-state index contributed by atoms with van der Waals surface area (Å²) in [6.45, 7) is 4.07. The van der Waals surface area contributed by atoms with Crippen molar-refractivity contribution >= 4 is 12.4 Å². The van der Waals surface area contributed by atoms with Gasteiger partial charge in [-0.15, -0.1) is 12.4 Å². The topological polar surface area (TPSA) is 66.5 Å². The Bertz CT molecular complexity index is 317. The van der Waals surface area contributed by atoms with Gasteiger partial charge in [-0.05, 0) is 12.0 Å². The van der Waals surface area contributed by atoms with E-state index in [2.05, 4.69) is 0 Å². The first-order valence-corrected chi connectivity index (χ1v) is 4.84. The highest BCUT2D eigenvalue weighted by Gasteiger charge is 2.17. The van der Waals surface area contributed by atoms with Crippen LogP contribution in [0.3, 0.4) is 0 Å². The number of hydrogen-bond donors (Lipinski definition) is 3. The zero-order chi connectivity index (χ0) is 10.7. The molecule has 4 N–H and O–H groups in total. The third-order valence-electron chi connectivity index (χ3n) is 2.66. The van der Waals surface area contributed by atoms with Crippen LogP contribution in [0.4, 0.5) is 0 Å². The molecule has 2 atom stereocenters. The SMILES string of the molecule is CCC(C)[C@H](N)c1cccc(O)c1O.Cl. The molecule has 0 aliphatic rings. The van der Waals surface area contributed by atoms with E-state index in [0.29, 0.717) is 5.56 Å². The minimum absolute atomic E-state index is 0. The van der Waals surface area contributed by atoms with Gasteiger partial charge < -0.3 is 15.9 Å². The Morgan fingerprint density at radius 3 is 2.47 bits per heavy atom. The van der Waals surface area contributed by atoms with E-state index >= 15 is 0 Å².